The van der Waals surface area contributed by atoms with Gasteiger partial charge in [-0.3, -0.25) is 10.1 Å². The molecule has 1 amide bonds. The Balaban J connectivity index is 1.70. The van der Waals surface area contributed by atoms with Crippen LogP contribution in [0.25, 0.3) is 27.7 Å². The van der Waals surface area contributed by atoms with Crippen molar-refractivity contribution in [1.29, 1.82) is 0 Å². The summed E-state index contributed by atoms with van der Waals surface area (Å²) in [4.78, 5) is 16.9. The van der Waals surface area contributed by atoms with Gasteiger partial charge >= 0.3 is 0 Å². The van der Waals surface area contributed by atoms with Crippen molar-refractivity contribution < 1.29 is 18.7 Å². The van der Waals surface area contributed by atoms with Crippen LogP contribution in [0.3, 0.4) is 0 Å². The highest BCUT2D eigenvalue weighted by Gasteiger charge is 2.16. The van der Waals surface area contributed by atoms with E-state index in [0.29, 0.717) is 24.1 Å². The highest BCUT2D eigenvalue weighted by Crippen LogP contribution is 2.38. The van der Waals surface area contributed by atoms with Gasteiger partial charge in [0.15, 0.2) is 5.13 Å². The van der Waals surface area contributed by atoms with Crippen LogP contribution in [0.1, 0.15) is 32.0 Å². The first kappa shape index (κ1) is 22.6. The predicted octanol–water partition coefficient (Wildman–Crippen LogP) is 6.70. The number of amides is 1. The summed E-state index contributed by atoms with van der Waals surface area (Å²) in [5.41, 5.74) is 5.20. The van der Waals surface area contributed by atoms with Crippen LogP contribution in [-0.4, -0.2) is 24.1 Å². The molecule has 0 aliphatic carbocycles. The van der Waals surface area contributed by atoms with Gasteiger partial charge in [0.05, 0.1) is 25.2 Å². The highest BCUT2D eigenvalue weighted by atomic mass is 32.1. The second-order valence-electron chi connectivity index (χ2n) is 7.49. The summed E-state index contributed by atoms with van der Waals surface area (Å²) >= 11 is 1.40. The maximum absolute atomic E-state index is 12.6. The lowest BCUT2D eigenvalue weighted by molar-refractivity contribution is -0.111. The average Bonchev–Trinajstić information content (AvgIpc) is 3.39. The number of thiazole rings is 1. The van der Waals surface area contributed by atoms with Crippen LogP contribution in [0.15, 0.2) is 58.5 Å². The molecule has 0 atom stereocenters. The zero-order valence-corrected chi connectivity index (χ0v) is 19.9. The summed E-state index contributed by atoms with van der Waals surface area (Å²) in [6.45, 7) is 8.81. The van der Waals surface area contributed by atoms with Crippen molar-refractivity contribution in [2.45, 2.75) is 27.7 Å². The van der Waals surface area contributed by atoms with Crippen LogP contribution in [-0.2, 0) is 4.79 Å². The molecule has 2 heterocycles. The minimum atomic E-state index is -0.233. The summed E-state index contributed by atoms with van der Waals surface area (Å²) < 4.78 is 17.3. The SMILES string of the molecule is CCOc1ccc(-c2coc3cc(OCC)c(/C(C)=C/C(=O)Nc4nc(C)cs4)cc23)cc1. The molecule has 33 heavy (non-hydrogen) atoms. The molecule has 2 aromatic carbocycles. The number of fused-ring (bicyclic) bond motifs is 1. The van der Waals surface area contributed by atoms with E-state index in [0.717, 1.165) is 44.7 Å². The van der Waals surface area contributed by atoms with Gasteiger partial charge in [0.1, 0.15) is 17.1 Å². The Hall–Kier alpha value is -3.58. The zero-order chi connectivity index (χ0) is 23.4. The van der Waals surface area contributed by atoms with E-state index in [-0.39, 0.29) is 5.91 Å². The Morgan fingerprint density at radius 2 is 1.91 bits per heavy atom. The van der Waals surface area contributed by atoms with Crippen LogP contribution in [0.4, 0.5) is 5.13 Å². The lowest BCUT2D eigenvalue weighted by Gasteiger charge is -2.12. The van der Waals surface area contributed by atoms with E-state index in [1.807, 2.05) is 69.5 Å². The van der Waals surface area contributed by atoms with Crippen molar-refractivity contribution in [3.05, 3.63) is 65.4 Å². The molecule has 0 spiro atoms. The number of nitrogens with zero attached hydrogens (tertiary/aromatic N) is 1. The number of carbonyl (C=O) groups excluding carboxylic acids is 1. The maximum Gasteiger partial charge on any atom is 0.250 e. The van der Waals surface area contributed by atoms with Crippen LogP contribution >= 0.6 is 11.3 Å². The first-order chi connectivity index (χ1) is 16.0. The van der Waals surface area contributed by atoms with Gasteiger partial charge in [-0.2, -0.15) is 0 Å². The van der Waals surface area contributed by atoms with Gasteiger partial charge in [-0.25, -0.2) is 4.98 Å². The molecule has 0 radical (unpaired) electrons. The number of hydrogen-bond donors (Lipinski definition) is 1. The molecule has 1 N–H and O–H groups in total. The molecule has 4 aromatic rings. The smallest absolute Gasteiger partial charge is 0.250 e. The van der Waals surface area contributed by atoms with Gasteiger partial charge in [-0.05, 0) is 57.0 Å². The lowest BCUT2D eigenvalue weighted by atomic mass is 9.99. The number of aryl methyl sites for hydroxylation is 1. The molecular weight excluding hydrogens is 436 g/mol. The van der Waals surface area contributed by atoms with Gasteiger partial charge < -0.3 is 13.9 Å². The average molecular weight is 463 g/mol. The Kier molecular flexibility index (Phi) is 6.79. The third-order valence-corrected chi connectivity index (χ3v) is 5.95. The molecule has 0 aliphatic heterocycles. The van der Waals surface area contributed by atoms with Crippen LogP contribution in [0, 0.1) is 6.92 Å². The van der Waals surface area contributed by atoms with Crippen molar-refractivity contribution in [2.24, 2.45) is 0 Å². The third kappa shape index (κ3) is 5.09. The van der Waals surface area contributed by atoms with Gasteiger partial charge in [-0.1, -0.05) is 12.1 Å². The molecule has 0 bridgehead atoms. The summed E-state index contributed by atoms with van der Waals surface area (Å²) in [6.07, 6.45) is 3.31. The van der Waals surface area contributed by atoms with E-state index in [4.69, 9.17) is 13.9 Å². The van der Waals surface area contributed by atoms with Gasteiger partial charge in [-0.15, -0.1) is 11.3 Å². The highest BCUT2D eigenvalue weighted by molar-refractivity contribution is 7.13. The van der Waals surface area contributed by atoms with Crippen molar-refractivity contribution >= 4 is 38.9 Å². The lowest BCUT2D eigenvalue weighted by Crippen LogP contribution is -2.08. The molecule has 0 aliphatic rings. The maximum atomic E-state index is 12.6. The molecule has 0 unspecified atom stereocenters. The molecule has 4 rings (SSSR count). The standard InChI is InChI=1S/C26H26N2O4S/c1-5-30-19-9-7-18(8-10-19)22-14-32-24-13-23(31-6-2)20(12-21(22)24)16(3)11-25(29)28-26-27-17(4)15-33-26/h7-15H,5-6H2,1-4H3,(H,27,28,29)/b16-11+. The van der Waals surface area contributed by atoms with E-state index in [1.165, 1.54) is 11.3 Å². The Labute approximate surface area is 196 Å². The summed E-state index contributed by atoms with van der Waals surface area (Å²) in [6, 6.07) is 11.8. The first-order valence-electron chi connectivity index (χ1n) is 10.8. The molecule has 0 saturated heterocycles. The number of nitrogens with one attached hydrogen (secondary N) is 1. The number of ether oxygens (including phenoxy) is 2. The Morgan fingerprint density at radius 1 is 1.15 bits per heavy atom. The number of carbonyl (C=O) groups is 1. The van der Waals surface area contributed by atoms with Crippen LogP contribution in [0.5, 0.6) is 11.5 Å². The largest absolute Gasteiger partial charge is 0.494 e. The zero-order valence-electron chi connectivity index (χ0n) is 19.1. The second-order valence-corrected chi connectivity index (χ2v) is 8.35. The fourth-order valence-corrected chi connectivity index (χ4v) is 4.28. The topological polar surface area (TPSA) is 73.6 Å². The Morgan fingerprint density at radius 3 is 2.58 bits per heavy atom. The fraction of sp³-hybridized carbons (Fsp3) is 0.231. The van der Waals surface area contributed by atoms with E-state index in [9.17, 15) is 4.79 Å². The van der Waals surface area contributed by atoms with E-state index in [1.54, 1.807) is 12.3 Å². The van der Waals surface area contributed by atoms with Crippen LogP contribution < -0.4 is 14.8 Å². The van der Waals surface area contributed by atoms with E-state index < -0.39 is 0 Å². The Bertz CT molecular complexity index is 1300. The number of allylic oxidation sites excluding steroid dienone is 1. The monoisotopic (exact) mass is 462 g/mol. The normalized spacial score (nSPS) is 11.6. The molecule has 7 heteroatoms. The second kappa shape index (κ2) is 9.92. The third-order valence-electron chi connectivity index (χ3n) is 5.07. The van der Waals surface area contributed by atoms with Gasteiger partial charge in [0.25, 0.3) is 0 Å². The molecule has 6 nitrogen and oxygen atoms in total. The van der Waals surface area contributed by atoms with Crippen molar-refractivity contribution in [3.8, 4) is 22.6 Å². The molecule has 0 saturated carbocycles. The van der Waals surface area contributed by atoms with Crippen molar-refractivity contribution in [3.63, 3.8) is 0 Å². The van der Waals surface area contributed by atoms with E-state index >= 15 is 0 Å². The van der Waals surface area contributed by atoms with Gasteiger partial charge in [0.2, 0.25) is 5.91 Å². The molecule has 170 valence electrons. The number of hydrogen-bond acceptors (Lipinski definition) is 6. The predicted molar refractivity (Wildman–Crippen MR) is 133 cm³/mol. The number of rotatable bonds is 8. The summed E-state index contributed by atoms with van der Waals surface area (Å²) in [7, 11) is 0. The number of furan rings is 1. The van der Waals surface area contributed by atoms with E-state index in [2.05, 4.69) is 10.3 Å². The quantitative estimate of drug-likeness (QED) is 0.295. The minimum absolute atomic E-state index is 0.233. The van der Waals surface area contributed by atoms with Crippen LogP contribution in [0.2, 0.25) is 0 Å². The molecule has 2 aromatic heterocycles. The molecular formula is C26H26N2O4S. The number of benzene rings is 2. The molecule has 0 fully saturated rings. The van der Waals surface area contributed by atoms with Crippen molar-refractivity contribution in [1.82, 2.24) is 4.98 Å². The minimum Gasteiger partial charge on any atom is -0.494 e. The number of aromatic nitrogens is 1. The van der Waals surface area contributed by atoms with Gasteiger partial charge in [0, 0.05) is 34.0 Å². The van der Waals surface area contributed by atoms with Crippen molar-refractivity contribution in [2.75, 3.05) is 18.5 Å². The fourth-order valence-electron chi connectivity index (χ4n) is 3.59. The first-order valence-corrected chi connectivity index (χ1v) is 11.7. The summed E-state index contributed by atoms with van der Waals surface area (Å²) in [5.74, 6) is 1.26. The number of anilines is 1. The summed E-state index contributed by atoms with van der Waals surface area (Å²) in [5, 5.41) is 6.24.